The fourth-order valence-corrected chi connectivity index (χ4v) is 5.10. The van der Waals surface area contributed by atoms with E-state index in [1.54, 1.807) is 0 Å². The fourth-order valence-electron chi connectivity index (χ4n) is 2.90. The van der Waals surface area contributed by atoms with Crippen LogP contribution in [0.5, 0.6) is 0 Å². The molecular formula is C9H12Cl4O2. The summed E-state index contributed by atoms with van der Waals surface area (Å²) in [5.74, 6) is -1.11. The molecule has 2 nitrogen and oxygen atoms in total. The first-order chi connectivity index (χ1) is 6.89. The van der Waals surface area contributed by atoms with Crippen molar-refractivity contribution >= 4 is 46.4 Å². The lowest BCUT2D eigenvalue weighted by Crippen LogP contribution is -2.56. The van der Waals surface area contributed by atoms with Crippen molar-refractivity contribution in [2.24, 2.45) is 0 Å². The Labute approximate surface area is 109 Å². The van der Waals surface area contributed by atoms with Gasteiger partial charge in [0, 0.05) is 14.2 Å². The van der Waals surface area contributed by atoms with Crippen LogP contribution in [0.2, 0.25) is 0 Å². The molecule has 0 spiro atoms. The minimum Gasteiger partial charge on any atom is -0.350 e. The Kier molecular flexibility index (Phi) is 2.95. The summed E-state index contributed by atoms with van der Waals surface area (Å²) in [6.45, 7) is 0. The topological polar surface area (TPSA) is 18.5 Å². The maximum absolute atomic E-state index is 6.50. The highest BCUT2D eigenvalue weighted by atomic mass is 35.5. The Morgan fingerprint density at radius 1 is 0.933 bits per heavy atom. The molecule has 2 fully saturated rings. The zero-order valence-corrected chi connectivity index (χ0v) is 11.4. The van der Waals surface area contributed by atoms with Gasteiger partial charge >= 0.3 is 0 Å². The second-order valence-corrected chi connectivity index (χ2v) is 6.34. The van der Waals surface area contributed by atoms with Crippen LogP contribution >= 0.6 is 46.4 Å². The Morgan fingerprint density at radius 2 is 1.27 bits per heavy atom. The molecule has 6 heteroatoms. The van der Waals surface area contributed by atoms with E-state index < -0.39 is 26.3 Å². The van der Waals surface area contributed by atoms with Gasteiger partial charge in [-0.1, -0.05) is 0 Å². The molecule has 2 saturated carbocycles. The molecule has 2 bridgehead atoms. The average molecular weight is 294 g/mol. The number of methoxy groups -OCH3 is 2. The summed E-state index contributed by atoms with van der Waals surface area (Å²) in [6.07, 6.45) is 1.27. The Bertz CT molecular complexity index is 259. The van der Waals surface area contributed by atoms with Crippen LogP contribution in [-0.2, 0) is 9.47 Å². The van der Waals surface area contributed by atoms with Crippen molar-refractivity contribution in [2.75, 3.05) is 14.2 Å². The van der Waals surface area contributed by atoms with Gasteiger partial charge in [-0.25, -0.2) is 0 Å². The molecule has 2 aliphatic carbocycles. The van der Waals surface area contributed by atoms with Gasteiger partial charge in [-0.05, 0) is 12.8 Å². The van der Waals surface area contributed by atoms with E-state index in [-0.39, 0.29) is 0 Å². The standard InChI is InChI=1S/C9H12Cl4O2/c1-14-9(15-2)7(12)3-4-8(9,13)6(11)5(7)10/h5-6H,3-4H2,1-2H3/t5-,6+,7-,8-/m1/s1. The maximum atomic E-state index is 6.50. The van der Waals surface area contributed by atoms with Crippen LogP contribution in [0.25, 0.3) is 0 Å². The van der Waals surface area contributed by atoms with E-state index in [1.165, 1.54) is 14.2 Å². The van der Waals surface area contributed by atoms with Gasteiger partial charge < -0.3 is 9.47 Å². The van der Waals surface area contributed by atoms with Crippen LogP contribution < -0.4 is 0 Å². The van der Waals surface area contributed by atoms with Crippen molar-refractivity contribution in [1.82, 2.24) is 0 Å². The highest BCUT2D eigenvalue weighted by Gasteiger charge is 2.81. The summed E-state index contributed by atoms with van der Waals surface area (Å²) in [7, 11) is 3.03. The van der Waals surface area contributed by atoms with Crippen LogP contribution in [0.1, 0.15) is 12.8 Å². The van der Waals surface area contributed by atoms with Crippen LogP contribution in [0.15, 0.2) is 0 Å². The smallest absolute Gasteiger partial charge is 0.209 e. The first-order valence-corrected chi connectivity index (χ1v) is 6.29. The zero-order chi connectivity index (χ0) is 11.5. The Morgan fingerprint density at radius 3 is 1.47 bits per heavy atom. The molecule has 2 aliphatic rings. The summed E-state index contributed by atoms with van der Waals surface area (Å²) >= 11 is 25.5. The molecule has 0 radical (unpaired) electrons. The third-order valence-electron chi connectivity index (χ3n) is 3.65. The number of hydrogen-bond donors (Lipinski definition) is 0. The zero-order valence-electron chi connectivity index (χ0n) is 8.40. The molecule has 0 unspecified atom stereocenters. The van der Waals surface area contributed by atoms with E-state index in [9.17, 15) is 0 Å². The fraction of sp³-hybridized carbons (Fsp3) is 1.00. The number of ether oxygens (including phenoxy) is 2. The van der Waals surface area contributed by atoms with E-state index in [2.05, 4.69) is 0 Å². The average Bonchev–Trinajstić information content (AvgIpc) is 2.53. The quantitative estimate of drug-likeness (QED) is 0.576. The Hall–Kier alpha value is 1.08. The van der Waals surface area contributed by atoms with E-state index >= 15 is 0 Å². The summed E-state index contributed by atoms with van der Waals surface area (Å²) in [5, 5.41) is -0.932. The first kappa shape index (κ1) is 12.5. The molecule has 0 aromatic carbocycles. The minimum absolute atomic E-state index is 0.466. The van der Waals surface area contributed by atoms with E-state index in [1.807, 2.05) is 0 Å². The molecule has 0 aromatic rings. The van der Waals surface area contributed by atoms with Crippen LogP contribution in [0, 0.1) is 0 Å². The molecular weight excluding hydrogens is 282 g/mol. The van der Waals surface area contributed by atoms with Crippen molar-refractivity contribution < 1.29 is 9.47 Å². The molecule has 0 saturated heterocycles. The van der Waals surface area contributed by atoms with Gasteiger partial charge in [-0.3, -0.25) is 0 Å². The van der Waals surface area contributed by atoms with Gasteiger partial charge in [0.05, 0.1) is 10.8 Å². The van der Waals surface area contributed by atoms with Crippen molar-refractivity contribution in [3.8, 4) is 0 Å². The van der Waals surface area contributed by atoms with Gasteiger partial charge in [0.2, 0.25) is 5.79 Å². The van der Waals surface area contributed by atoms with Gasteiger partial charge in [0.25, 0.3) is 0 Å². The lowest BCUT2D eigenvalue weighted by molar-refractivity contribution is -0.219. The van der Waals surface area contributed by atoms with Crippen LogP contribution in [0.3, 0.4) is 0 Å². The summed E-state index contributed by atoms with van der Waals surface area (Å²) in [6, 6.07) is 0. The van der Waals surface area contributed by atoms with Gasteiger partial charge in [0.15, 0.2) is 0 Å². The predicted octanol–water partition coefficient (Wildman–Crippen LogP) is 2.95. The largest absolute Gasteiger partial charge is 0.350 e. The molecule has 0 aliphatic heterocycles. The molecule has 0 N–H and O–H groups in total. The molecule has 15 heavy (non-hydrogen) atoms. The number of hydrogen-bond acceptors (Lipinski definition) is 2. The normalized spacial score (nSPS) is 52.4. The predicted molar refractivity (Wildman–Crippen MR) is 62.4 cm³/mol. The number of fused-ring (bicyclic) bond motifs is 2. The van der Waals surface area contributed by atoms with Gasteiger partial charge in [-0.15, -0.1) is 46.4 Å². The lowest BCUT2D eigenvalue weighted by atomic mass is 9.99. The Balaban J connectivity index is 2.56. The minimum atomic E-state index is -1.11. The van der Waals surface area contributed by atoms with Crippen LogP contribution in [0.4, 0.5) is 0 Å². The SMILES string of the molecule is COC1(OC)[C@@]2(Cl)CC[C@@]1(Cl)[C@@H](Cl)[C@H]2Cl. The summed E-state index contributed by atoms with van der Waals surface area (Å²) < 4.78 is 10.9. The summed E-state index contributed by atoms with van der Waals surface area (Å²) in [4.78, 5) is -1.71. The molecule has 0 amide bonds. The molecule has 0 heterocycles. The number of halogens is 4. The summed E-state index contributed by atoms with van der Waals surface area (Å²) in [5.41, 5.74) is 0. The van der Waals surface area contributed by atoms with E-state index in [0.29, 0.717) is 12.8 Å². The molecule has 0 aromatic heterocycles. The monoisotopic (exact) mass is 292 g/mol. The lowest BCUT2D eigenvalue weighted by Gasteiger charge is -2.39. The second-order valence-electron chi connectivity index (χ2n) is 4.05. The van der Waals surface area contributed by atoms with Crippen molar-refractivity contribution in [3.63, 3.8) is 0 Å². The third kappa shape index (κ3) is 1.12. The van der Waals surface area contributed by atoms with E-state index in [0.717, 1.165) is 0 Å². The number of alkyl halides is 4. The van der Waals surface area contributed by atoms with Crippen molar-refractivity contribution in [1.29, 1.82) is 0 Å². The number of rotatable bonds is 2. The first-order valence-electron chi connectivity index (χ1n) is 4.66. The van der Waals surface area contributed by atoms with Gasteiger partial charge in [-0.2, -0.15) is 0 Å². The van der Waals surface area contributed by atoms with Crippen molar-refractivity contribution in [2.45, 2.75) is 39.1 Å². The van der Waals surface area contributed by atoms with Crippen molar-refractivity contribution in [3.05, 3.63) is 0 Å². The molecule has 2 rings (SSSR count). The van der Waals surface area contributed by atoms with E-state index in [4.69, 9.17) is 55.9 Å². The molecule has 4 atom stereocenters. The highest BCUT2D eigenvalue weighted by Crippen LogP contribution is 2.68. The van der Waals surface area contributed by atoms with Gasteiger partial charge in [0.1, 0.15) is 9.75 Å². The second kappa shape index (κ2) is 3.54. The molecule has 88 valence electrons. The maximum Gasteiger partial charge on any atom is 0.209 e. The highest BCUT2D eigenvalue weighted by molar-refractivity contribution is 6.44. The third-order valence-corrected chi connectivity index (χ3v) is 6.60. The van der Waals surface area contributed by atoms with Crippen LogP contribution in [-0.4, -0.2) is 40.5 Å².